The number of hydrogen-bond donors (Lipinski definition) is 0. The summed E-state index contributed by atoms with van der Waals surface area (Å²) in [7, 11) is 0. The fourth-order valence-electron chi connectivity index (χ4n) is 1.95. The molecule has 2 aromatic carbocycles. The van der Waals surface area contributed by atoms with Crippen molar-refractivity contribution in [3.63, 3.8) is 0 Å². The average Bonchev–Trinajstić information content (AvgIpc) is 2.49. The first kappa shape index (κ1) is 14.5. The van der Waals surface area contributed by atoms with E-state index < -0.39 is 4.92 Å². The molecule has 5 heteroatoms. The van der Waals surface area contributed by atoms with E-state index in [9.17, 15) is 10.1 Å². The summed E-state index contributed by atoms with van der Waals surface area (Å²) in [5.74, 6) is 0.909. The highest BCUT2D eigenvalue weighted by atomic mass is 16.6. The van der Waals surface area contributed by atoms with E-state index in [0.29, 0.717) is 11.5 Å². The molecule has 0 aromatic heterocycles. The van der Waals surface area contributed by atoms with Crippen LogP contribution in [-0.2, 0) is 6.42 Å². The molecule has 0 aliphatic rings. The Morgan fingerprint density at radius 3 is 2.52 bits per heavy atom. The van der Waals surface area contributed by atoms with Gasteiger partial charge in [0, 0.05) is 12.1 Å². The molecular weight excluding hydrogens is 268 g/mol. The van der Waals surface area contributed by atoms with Crippen LogP contribution in [0.15, 0.2) is 42.5 Å². The number of nitro benzene ring substituents is 1. The van der Waals surface area contributed by atoms with Gasteiger partial charge in [0.2, 0.25) is 0 Å². The van der Waals surface area contributed by atoms with Crippen molar-refractivity contribution in [2.75, 3.05) is 0 Å². The van der Waals surface area contributed by atoms with Gasteiger partial charge in [-0.2, -0.15) is 5.26 Å². The number of nitro groups is 1. The summed E-state index contributed by atoms with van der Waals surface area (Å²) in [6.07, 6.45) is 2.07. The lowest BCUT2D eigenvalue weighted by Crippen LogP contribution is -1.92. The topological polar surface area (TPSA) is 76.2 Å². The Hall–Kier alpha value is -2.87. The van der Waals surface area contributed by atoms with E-state index in [1.165, 1.54) is 23.8 Å². The zero-order chi connectivity index (χ0) is 15.2. The van der Waals surface area contributed by atoms with Crippen molar-refractivity contribution in [2.24, 2.45) is 0 Å². The van der Waals surface area contributed by atoms with Crippen molar-refractivity contribution in [3.05, 3.63) is 63.7 Å². The number of hydrogen-bond acceptors (Lipinski definition) is 4. The molecule has 0 heterocycles. The monoisotopic (exact) mass is 282 g/mol. The van der Waals surface area contributed by atoms with Crippen molar-refractivity contribution >= 4 is 5.69 Å². The number of aryl methyl sites for hydroxylation is 1. The SMILES string of the molecule is CCCc1ccc(Oc2ccc([N+](=O)[O-])cc2C#N)cc1. The van der Waals surface area contributed by atoms with Gasteiger partial charge in [-0.15, -0.1) is 0 Å². The van der Waals surface area contributed by atoms with Crippen LogP contribution in [0, 0.1) is 21.4 Å². The third-order valence-electron chi connectivity index (χ3n) is 2.98. The van der Waals surface area contributed by atoms with E-state index in [4.69, 9.17) is 10.00 Å². The van der Waals surface area contributed by atoms with Gasteiger partial charge in [0.05, 0.1) is 4.92 Å². The minimum atomic E-state index is -0.538. The van der Waals surface area contributed by atoms with Crippen LogP contribution in [0.25, 0.3) is 0 Å². The largest absolute Gasteiger partial charge is 0.456 e. The highest BCUT2D eigenvalue weighted by Crippen LogP contribution is 2.28. The van der Waals surface area contributed by atoms with Crippen molar-refractivity contribution in [3.8, 4) is 17.6 Å². The summed E-state index contributed by atoms with van der Waals surface area (Å²) in [4.78, 5) is 10.2. The quantitative estimate of drug-likeness (QED) is 0.608. The van der Waals surface area contributed by atoms with Crippen molar-refractivity contribution in [1.82, 2.24) is 0 Å². The maximum absolute atomic E-state index is 10.7. The number of nitriles is 1. The number of nitrogens with zero attached hydrogens (tertiary/aromatic N) is 2. The lowest BCUT2D eigenvalue weighted by Gasteiger charge is -2.08. The third kappa shape index (κ3) is 3.57. The molecular formula is C16H14N2O3. The van der Waals surface area contributed by atoms with E-state index >= 15 is 0 Å². The van der Waals surface area contributed by atoms with Crippen LogP contribution in [0.4, 0.5) is 5.69 Å². The third-order valence-corrected chi connectivity index (χ3v) is 2.98. The van der Waals surface area contributed by atoms with E-state index in [2.05, 4.69) is 6.92 Å². The van der Waals surface area contributed by atoms with Gasteiger partial charge in [-0.25, -0.2) is 0 Å². The Morgan fingerprint density at radius 1 is 1.24 bits per heavy atom. The van der Waals surface area contributed by atoms with Crippen LogP contribution in [0.5, 0.6) is 11.5 Å². The van der Waals surface area contributed by atoms with E-state index in [1.54, 1.807) is 0 Å². The Kier molecular flexibility index (Phi) is 4.52. The molecule has 5 nitrogen and oxygen atoms in total. The van der Waals surface area contributed by atoms with E-state index in [1.807, 2.05) is 30.3 Å². The number of ether oxygens (including phenoxy) is 1. The van der Waals surface area contributed by atoms with Gasteiger partial charge in [0.1, 0.15) is 23.1 Å². The standard InChI is InChI=1S/C16H14N2O3/c1-2-3-12-4-7-15(8-5-12)21-16-9-6-14(18(19)20)10-13(16)11-17/h4-10H,2-3H2,1H3. The minimum Gasteiger partial charge on any atom is -0.456 e. The van der Waals surface area contributed by atoms with Gasteiger partial charge in [-0.3, -0.25) is 10.1 Å². The lowest BCUT2D eigenvalue weighted by atomic mass is 10.1. The summed E-state index contributed by atoms with van der Waals surface area (Å²) >= 11 is 0. The fourth-order valence-corrected chi connectivity index (χ4v) is 1.95. The highest BCUT2D eigenvalue weighted by Gasteiger charge is 2.12. The maximum Gasteiger partial charge on any atom is 0.271 e. The van der Waals surface area contributed by atoms with Crippen LogP contribution in [0.2, 0.25) is 0 Å². The molecule has 0 aliphatic carbocycles. The number of non-ortho nitro benzene ring substituents is 1. The molecule has 0 N–H and O–H groups in total. The second kappa shape index (κ2) is 6.53. The Labute approximate surface area is 122 Å². The van der Waals surface area contributed by atoms with Crippen LogP contribution < -0.4 is 4.74 Å². The van der Waals surface area contributed by atoms with Crippen LogP contribution >= 0.6 is 0 Å². The molecule has 0 radical (unpaired) electrons. The second-order valence-electron chi connectivity index (χ2n) is 4.55. The first-order valence-electron chi connectivity index (χ1n) is 6.59. The van der Waals surface area contributed by atoms with Crippen molar-refractivity contribution in [1.29, 1.82) is 5.26 Å². The molecule has 0 amide bonds. The predicted octanol–water partition coefficient (Wildman–Crippen LogP) is 4.21. The number of rotatable bonds is 5. The molecule has 0 spiro atoms. The van der Waals surface area contributed by atoms with E-state index in [0.717, 1.165) is 12.8 Å². The molecule has 0 saturated heterocycles. The van der Waals surface area contributed by atoms with E-state index in [-0.39, 0.29) is 11.3 Å². The molecule has 0 aliphatic heterocycles. The molecule has 2 aromatic rings. The predicted molar refractivity (Wildman–Crippen MR) is 78.3 cm³/mol. The average molecular weight is 282 g/mol. The van der Waals surface area contributed by atoms with Crippen LogP contribution in [0.1, 0.15) is 24.5 Å². The van der Waals surface area contributed by atoms with Crippen molar-refractivity contribution in [2.45, 2.75) is 19.8 Å². The van der Waals surface area contributed by atoms with Crippen molar-refractivity contribution < 1.29 is 9.66 Å². The van der Waals surface area contributed by atoms with Gasteiger partial charge in [0.15, 0.2) is 0 Å². The fraction of sp³-hybridized carbons (Fsp3) is 0.188. The first-order chi connectivity index (χ1) is 10.1. The first-order valence-corrected chi connectivity index (χ1v) is 6.59. The van der Waals surface area contributed by atoms with Crippen LogP contribution in [0.3, 0.4) is 0 Å². The van der Waals surface area contributed by atoms with Gasteiger partial charge in [0.25, 0.3) is 5.69 Å². The summed E-state index contributed by atoms with van der Waals surface area (Å²) in [5, 5.41) is 19.8. The molecule has 21 heavy (non-hydrogen) atoms. The number of benzene rings is 2. The van der Waals surface area contributed by atoms with Gasteiger partial charge in [-0.05, 0) is 30.2 Å². The summed E-state index contributed by atoms with van der Waals surface area (Å²) in [6, 6.07) is 13.5. The smallest absolute Gasteiger partial charge is 0.271 e. The molecule has 0 fully saturated rings. The molecule has 2 rings (SSSR count). The summed E-state index contributed by atoms with van der Waals surface area (Å²) < 4.78 is 5.62. The normalized spacial score (nSPS) is 9.90. The zero-order valence-electron chi connectivity index (χ0n) is 11.6. The van der Waals surface area contributed by atoms with Gasteiger partial charge < -0.3 is 4.74 Å². The Balaban J connectivity index is 2.23. The molecule has 0 bridgehead atoms. The molecule has 0 atom stereocenters. The van der Waals surface area contributed by atoms with Crippen LogP contribution in [-0.4, -0.2) is 4.92 Å². The zero-order valence-corrected chi connectivity index (χ0v) is 11.6. The Bertz CT molecular complexity index is 688. The maximum atomic E-state index is 10.7. The summed E-state index contributed by atoms with van der Waals surface area (Å²) in [5.41, 5.74) is 1.23. The summed E-state index contributed by atoms with van der Waals surface area (Å²) in [6.45, 7) is 2.11. The molecule has 0 unspecified atom stereocenters. The highest BCUT2D eigenvalue weighted by molar-refractivity contribution is 5.51. The van der Waals surface area contributed by atoms with Gasteiger partial charge in [-0.1, -0.05) is 25.5 Å². The lowest BCUT2D eigenvalue weighted by molar-refractivity contribution is -0.384. The Morgan fingerprint density at radius 2 is 1.95 bits per heavy atom. The molecule has 106 valence electrons. The molecule has 0 saturated carbocycles. The second-order valence-corrected chi connectivity index (χ2v) is 4.55. The minimum absolute atomic E-state index is 0.128. The van der Waals surface area contributed by atoms with Gasteiger partial charge >= 0.3 is 0 Å².